The van der Waals surface area contributed by atoms with Gasteiger partial charge in [-0.25, -0.2) is 4.79 Å². The molecule has 0 spiro atoms. The molecular weight excluding hydrogens is 654 g/mol. The maximum Gasteiger partial charge on any atom is 0.416 e. The van der Waals surface area contributed by atoms with Gasteiger partial charge in [0.2, 0.25) is 0 Å². The fraction of sp³-hybridized carbons (Fsp3) is 0.189. The molecule has 2 heterocycles. The zero-order valence-corrected chi connectivity index (χ0v) is 28.3. The van der Waals surface area contributed by atoms with Gasteiger partial charge in [-0.15, -0.1) is 5.10 Å². The first-order valence-corrected chi connectivity index (χ1v) is 15.8. The minimum Gasteiger partial charge on any atom is -0.497 e. The lowest BCUT2D eigenvalue weighted by molar-refractivity contribution is -0.138. The van der Waals surface area contributed by atoms with Crippen molar-refractivity contribution in [2.24, 2.45) is 0 Å². The van der Waals surface area contributed by atoms with Gasteiger partial charge < -0.3 is 24.4 Å². The summed E-state index contributed by atoms with van der Waals surface area (Å²) in [5.41, 5.74) is 5.33. The summed E-state index contributed by atoms with van der Waals surface area (Å²) in [4.78, 5) is 28.2. The Morgan fingerprint density at radius 3 is 1.71 bits per heavy atom. The fourth-order valence-electron chi connectivity index (χ4n) is 4.67. The minimum absolute atomic E-state index is 0.0477. The molecule has 2 aromatic heterocycles. The van der Waals surface area contributed by atoms with Crippen LogP contribution in [-0.4, -0.2) is 70.8 Å². The smallest absolute Gasteiger partial charge is 0.416 e. The normalized spacial score (nSPS) is 10.5. The van der Waals surface area contributed by atoms with Crippen LogP contribution in [0.5, 0.6) is 17.2 Å². The molecule has 0 aliphatic carbocycles. The van der Waals surface area contributed by atoms with Gasteiger partial charge in [-0.2, -0.15) is 24.9 Å². The van der Waals surface area contributed by atoms with E-state index in [2.05, 4.69) is 20.4 Å². The van der Waals surface area contributed by atoms with E-state index in [1.54, 1.807) is 53.3 Å². The lowest BCUT2D eigenvalue weighted by Gasteiger charge is -2.20. The molecule has 4 aromatic carbocycles. The second kappa shape index (κ2) is 17.2. The third kappa shape index (κ3) is 9.99. The van der Waals surface area contributed by atoms with Crippen molar-refractivity contribution in [2.75, 3.05) is 13.7 Å². The van der Waals surface area contributed by atoms with Crippen molar-refractivity contribution in [2.45, 2.75) is 33.6 Å². The number of carbonyl (C=O) groups excluding carboxylic acids is 1. The van der Waals surface area contributed by atoms with Gasteiger partial charge in [-0.1, -0.05) is 48.5 Å². The molecule has 14 heteroatoms. The largest absolute Gasteiger partial charge is 0.497 e. The number of ether oxygens (including phenoxy) is 3. The Kier molecular flexibility index (Phi) is 12.1. The Balaban J connectivity index is 0.000000299. The van der Waals surface area contributed by atoms with Crippen LogP contribution < -0.4 is 14.2 Å². The molecule has 0 saturated carbocycles. The van der Waals surface area contributed by atoms with Crippen molar-refractivity contribution in [1.82, 2.24) is 34.9 Å². The van der Waals surface area contributed by atoms with Gasteiger partial charge in [0.1, 0.15) is 41.8 Å². The molecule has 0 aliphatic heterocycles. The van der Waals surface area contributed by atoms with Crippen LogP contribution >= 0.6 is 0 Å². The first-order chi connectivity index (χ1) is 24.7. The molecule has 1 amide bonds. The topological polar surface area (TPSA) is 167 Å². The van der Waals surface area contributed by atoms with Crippen LogP contribution in [0, 0.1) is 13.8 Å². The predicted octanol–water partition coefficient (Wildman–Crippen LogP) is 5.32. The van der Waals surface area contributed by atoms with Crippen LogP contribution in [0.2, 0.25) is 0 Å². The summed E-state index contributed by atoms with van der Waals surface area (Å²) in [6, 6.07) is 32.7. The number of carboxylic acid groups (broad SMARTS) is 1. The number of amides is 1. The fourth-order valence-corrected chi connectivity index (χ4v) is 4.67. The molecular formula is C37H37N7O7. The van der Waals surface area contributed by atoms with Gasteiger partial charge in [-0.3, -0.25) is 9.69 Å². The van der Waals surface area contributed by atoms with Crippen molar-refractivity contribution in [3.05, 3.63) is 138 Å². The zero-order chi connectivity index (χ0) is 36.2. The van der Waals surface area contributed by atoms with E-state index in [9.17, 15) is 14.7 Å². The van der Waals surface area contributed by atoms with Crippen molar-refractivity contribution >= 4 is 12.1 Å². The molecule has 0 atom stereocenters. The highest BCUT2D eigenvalue weighted by Crippen LogP contribution is 2.20. The molecule has 2 N–H and O–H groups in total. The number of aliphatic carboxylic acids is 1. The van der Waals surface area contributed by atoms with Crippen molar-refractivity contribution in [3.8, 4) is 28.6 Å². The molecule has 6 aromatic rings. The molecule has 6 rings (SSSR count). The summed E-state index contributed by atoms with van der Waals surface area (Å²) in [5, 5.41) is 35.5. The number of benzene rings is 4. The molecule has 0 saturated heterocycles. The number of para-hydroxylation sites is 2. The summed E-state index contributed by atoms with van der Waals surface area (Å²) in [6.07, 6.45) is -0.773. The molecule has 14 nitrogen and oxygen atoms in total. The van der Waals surface area contributed by atoms with Crippen LogP contribution in [0.15, 0.2) is 109 Å². The van der Waals surface area contributed by atoms with Crippen LogP contribution in [0.1, 0.15) is 28.3 Å². The van der Waals surface area contributed by atoms with E-state index >= 15 is 0 Å². The van der Waals surface area contributed by atoms with E-state index in [1.165, 1.54) is 11.9 Å². The van der Waals surface area contributed by atoms with Crippen molar-refractivity contribution in [1.29, 1.82) is 0 Å². The Bertz CT molecular complexity index is 2010. The van der Waals surface area contributed by atoms with E-state index in [1.807, 2.05) is 74.5 Å². The summed E-state index contributed by atoms with van der Waals surface area (Å²) >= 11 is 0. The second-order valence-electron chi connectivity index (χ2n) is 11.1. The number of hydrogen-bond acceptors (Lipinski definition) is 10. The van der Waals surface area contributed by atoms with E-state index in [-0.39, 0.29) is 25.5 Å². The minimum atomic E-state index is -1.15. The average Bonchev–Trinajstić information content (AvgIpc) is 3.73. The van der Waals surface area contributed by atoms with Crippen LogP contribution in [0.25, 0.3) is 11.4 Å². The molecule has 0 aliphatic rings. The van der Waals surface area contributed by atoms with Gasteiger partial charge in [0.15, 0.2) is 0 Å². The van der Waals surface area contributed by atoms with Crippen LogP contribution in [0.3, 0.4) is 0 Å². The summed E-state index contributed by atoms with van der Waals surface area (Å²) in [5.74, 6) is 0.346. The summed E-state index contributed by atoms with van der Waals surface area (Å²) in [7, 11) is 1.53. The number of aromatic nitrogens is 6. The molecule has 0 bridgehead atoms. The summed E-state index contributed by atoms with van der Waals surface area (Å²) in [6.45, 7) is 3.40. The number of rotatable bonds is 12. The number of carbonyl (C=O) groups is 2. The number of nitrogens with zero attached hydrogens (tertiary/aromatic N) is 7. The lowest BCUT2D eigenvalue weighted by atomic mass is 10.2. The van der Waals surface area contributed by atoms with Gasteiger partial charge in [0.25, 0.3) is 0 Å². The van der Waals surface area contributed by atoms with Gasteiger partial charge >= 0.3 is 12.1 Å². The third-order valence-corrected chi connectivity index (χ3v) is 7.40. The number of methoxy groups -OCH3 is 1. The first-order valence-electron chi connectivity index (χ1n) is 15.8. The first kappa shape index (κ1) is 35.8. The van der Waals surface area contributed by atoms with Gasteiger partial charge in [-0.05, 0) is 80.1 Å². The van der Waals surface area contributed by atoms with E-state index in [0.717, 1.165) is 27.7 Å². The SMILES string of the molecule is COc1ccc(OC(=O)N(CC(=O)O)Cc2ccc(OCc3nn(-c4ccccc4)nc3C)cc2)cc1.Cc1nn(-c2ccccc2)nc1CO. The van der Waals surface area contributed by atoms with Crippen molar-refractivity contribution in [3.63, 3.8) is 0 Å². The Hall–Kier alpha value is -6.54. The van der Waals surface area contributed by atoms with Crippen LogP contribution in [0.4, 0.5) is 4.79 Å². The third-order valence-electron chi connectivity index (χ3n) is 7.40. The standard InChI is InChI=1S/C27H26N4O6.C10H11N3O/c1-19-25(29-31(28-19)21-6-4-3-5-7-21)18-36-23-10-8-20(9-11-23)16-30(17-26(32)33)27(34)37-24-14-12-22(35-2)13-15-24;1-8-10(7-14)12-13(11-8)9-5-3-2-4-6-9/h3-15H,16-18H2,1-2H3,(H,32,33);2-6,14H,7H2,1H3. The predicted molar refractivity (Wildman–Crippen MR) is 186 cm³/mol. The highest BCUT2D eigenvalue weighted by atomic mass is 16.6. The highest BCUT2D eigenvalue weighted by molar-refractivity contribution is 5.78. The van der Waals surface area contributed by atoms with Crippen molar-refractivity contribution < 1.29 is 34.0 Å². The highest BCUT2D eigenvalue weighted by Gasteiger charge is 2.20. The Morgan fingerprint density at radius 2 is 1.20 bits per heavy atom. The Labute approximate surface area is 294 Å². The molecule has 0 fully saturated rings. The molecule has 51 heavy (non-hydrogen) atoms. The number of aliphatic hydroxyl groups is 1. The molecule has 0 radical (unpaired) electrons. The van der Waals surface area contributed by atoms with E-state index < -0.39 is 18.6 Å². The van der Waals surface area contributed by atoms with E-state index in [4.69, 9.17) is 19.3 Å². The molecule has 0 unspecified atom stereocenters. The average molecular weight is 692 g/mol. The van der Waals surface area contributed by atoms with Gasteiger partial charge in [0, 0.05) is 6.54 Å². The van der Waals surface area contributed by atoms with Gasteiger partial charge in [0.05, 0.1) is 36.5 Å². The second-order valence-corrected chi connectivity index (χ2v) is 11.1. The number of aryl methyl sites for hydroxylation is 2. The zero-order valence-electron chi connectivity index (χ0n) is 28.3. The Morgan fingerprint density at radius 1 is 0.686 bits per heavy atom. The monoisotopic (exact) mass is 691 g/mol. The number of aliphatic hydroxyl groups excluding tert-OH is 1. The lowest BCUT2D eigenvalue weighted by Crippen LogP contribution is -2.37. The molecule has 262 valence electrons. The number of hydrogen-bond donors (Lipinski definition) is 2. The van der Waals surface area contributed by atoms with Crippen LogP contribution in [-0.2, 0) is 24.6 Å². The maximum absolute atomic E-state index is 12.6. The number of carboxylic acids is 1. The van der Waals surface area contributed by atoms with E-state index in [0.29, 0.717) is 28.5 Å². The summed E-state index contributed by atoms with van der Waals surface area (Å²) < 4.78 is 16.3. The maximum atomic E-state index is 12.6. The quantitative estimate of drug-likeness (QED) is 0.171.